The number of hydrogen-bond acceptors (Lipinski definition) is 2. The fourth-order valence-electron chi connectivity index (χ4n) is 2.01. The second kappa shape index (κ2) is 6.83. The van der Waals surface area contributed by atoms with Crippen molar-refractivity contribution in [3.63, 3.8) is 0 Å². The molecule has 0 saturated heterocycles. The standard InChI is InChI=1S/C16H13Br2ClN2/c1-16(10-20,9-11-2-4-12(17)5-3-11)21-13-6-7-15(19)14(18)8-13/h2-8,21H,9H2,1H3. The summed E-state index contributed by atoms with van der Waals surface area (Å²) in [5, 5.41) is 13.4. The molecule has 0 spiro atoms. The van der Waals surface area contributed by atoms with Gasteiger partial charge in [0, 0.05) is 21.1 Å². The molecule has 0 radical (unpaired) electrons. The summed E-state index contributed by atoms with van der Waals surface area (Å²) in [5.74, 6) is 0. The van der Waals surface area contributed by atoms with Gasteiger partial charge in [0.1, 0.15) is 5.54 Å². The number of nitrogens with zero attached hydrogens (tertiary/aromatic N) is 1. The Labute approximate surface area is 146 Å². The lowest BCUT2D eigenvalue weighted by atomic mass is 9.94. The van der Waals surface area contributed by atoms with Crippen LogP contribution in [0.15, 0.2) is 51.4 Å². The quantitative estimate of drug-likeness (QED) is 0.668. The zero-order valence-corrected chi connectivity index (χ0v) is 15.3. The molecule has 0 heterocycles. The molecule has 1 unspecified atom stereocenters. The van der Waals surface area contributed by atoms with E-state index in [1.54, 1.807) is 6.07 Å². The van der Waals surface area contributed by atoms with E-state index in [0.29, 0.717) is 11.4 Å². The maximum Gasteiger partial charge on any atom is 0.126 e. The Hall–Kier alpha value is -1.02. The van der Waals surface area contributed by atoms with E-state index in [4.69, 9.17) is 11.6 Å². The first-order valence-corrected chi connectivity index (χ1v) is 8.27. The van der Waals surface area contributed by atoms with Crippen LogP contribution in [0.2, 0.25) is 5.02 Å². The van der Waals surface area contributed by atoms with Gasteiger partial charge in [0.15, 0.2) is 0 Å². The van der Waals surface area contributed by atoms with Crippen molar-refractivity contribution in [2.75, 3.05) is 5.32 Å². The zero-order valence-electron chi connectivity index (χ0n) is 11.3. The van der Waals surface area contributed by atoms with Crippen molar-refractivity contribution in [3.05, 3.63) is 62.0 Å². The summed E-state index contributed by atoms with van der Waals surface area (Å²) in [5.41, 5.74) is 1.26. The summed E-state index contributed by atoms with van der Waals surface area (Å²) < 4.78 is 1.83. The molecule has 0 aliphatic rings. The third kappa shape index (κ3) is 4.47. The predicted octanol–water partition coefficient (Wildman–Crippen LogP) is 5.80. The molecule has 1 N–H and O–H groups in total. The van der Waals surface area contributed by atoms with Gasteiger partial charge >= 0.3 is 0 Å². The van der Waals surface area contributed by atoms with Crippen LogP contribution in [0.3, 0.4) is 0 Å². The van der Waals surface area contributed by atoms with Gasteiger partial charge in [-0.3, -0.25) is 0 Å². The maximum atomic E-state index is 9.53. The normalized spacial score (nSPS) is 13.3. The van der Waals surface area contributed by atoms with E-state index in [1.165, 1.54) is 0 Å². The van der Waals surface area contributed by atoms with Crippen LogP contribution < -0.4 is 5.32 Å². The Morgan fingerprint density at radius 2 is 1.86 bits per heavy atom. The summed E-state index contributed by atoms with van der Waals surface area (Å²) in [6, 6.07) is 15.9. The highest BCUT2D eigenvalue weighted by atomic mass is 79.9. The van der Waals surface area contributed by atoms with Gasteiger partial charge in [-0.1, -0.05) is 39.7 Å². The molecule has 2 rings (SSSR count). The molecule has 0 aliphatic heterocycles. The smallest absolute Gasteiger partial charge is 0.126 e. The number of nitrogens with one attached hydrogen (secondary N) is 1. The molecule has 2 nitrogen and oxygen atoms in total. The van der Waals surface area contributed by atoms with Gasteiger partial charge in [-0.25, -0.2) is 0 Å². The number of halogens is 3. The van der Waals surface area contributed by atoms with E-state index >= 15 is 0 Å². The molecule has 2 aromatic carbocycles. The average Bonchev–Trinajstić information content (AvgIpc) is 2.45. The van der Waals surface area contributed by atoms with Crippen molar-refractivity contribution in [2.45, 2.75) is 18.9 Å². The highest BCUT2D eigenvalue weighted by molar-refractivity contribution is 9.10. The SMILES string of the molecule is CC(C#N)(Cc1ccc(Br)cc1)Nc1ccc(Cl)c(Br)c1. The number of benzene rings is 2. The second-order valence-electron chi connectivity index (χ2n) is 5.00. The van der Waals surface area contributed by atoms with E-state index < -0.39 is 5.54 Å². The van der Waals surface area contributed by atoms with E-state index in [-0.39, 0.29) is 0 Å². The lowest BCUT2D eigenvalue weighted by molar-refractivity contribution is 0.646. The zero-order chi connectivity index (χ0) is 15.5. The first-order chi connectivity index (χ1) is 9.92. The number of nitriles is 1. The molecule has 0 fully saturated rings. The fraction of sp³-hybridized carbons (Fsp3) is 0.188. The van der Waals surface area contributed by atoms with E-state index in [0.717, 1.165) is 20.2 Å². The van der Waals surface area contributed by atoms with Gasteiger partial charge in [0.2, 0.25) is 0 Å². The topological polar surface area (TPSA) is 35.8 Å². The number of rotatable bonds is 4. The summed E-state index contributed by atoms with van der Waals surface area (Å²) in [6.45, 7) is 1.89. The highest BCUT2D eigenvalue weighted by Gasteiger charge is 2.24. The average molecular weight is 429 g/mol. The van der Waals surface area contributed by atoms with Crippen LogP contribution in [-0.2, 0) is 6.42 Å². The van der Waals surface area contributed by atoms with Gasteiger partial charge in [0.25, 0.3) is 0 Å². The summed E-state index contributed by atoms with van der Waals surface area (Å²) in [4.78, 5) is 0. The van der Waals surface area contributed by atoms with Gasteiger partial charge in [-0.05, 0) is 58.7 Å². The minimum Gasteiger partial charge on any atom is -0.367 e. The van der Waals surface area contributed by atoms with Gasteiger partial charge in [0.05, 0.1) is 11.1 Å². The number of hydrogen-bond donors (Lipinski definition) is 1. The summed E-state index contributed by atoms with van der Waals surface area (Å²) in [6.07, 6.45) is 0.608. The van der Waals surface area contributed by atoms with Crippen LogP contribution in [-0.4, -0.2) is 5.54 Å². The van der Waals surface area contributed by atoms with Crippen LogP contribution >= 0.6 is 43.5 Å². The van der Waals surface area contributed by atoms with Crippen molar-refractivity contribution in [1.82, 2.24) is 0 Å². The van der Waals surface area contributed by atoms with Crippen LogP contribution in [0.5, 0.6) is 0 Å². The lowest BCUT2D eigenvalue weighted by Gasteiger charge is -2.25. The first-order valence-electron chi connectivity index (χ1n) is 6.31. The molecule has 1 atom stereocenters. The fourth-order valence-corrected chi connectivity index (χ4v) is 2.78. The minimum atomic E-state index is -0.693. The third-order valence-corrected chi connectivity index (χ3v) is 4.80. The molecule has 0 saturated carbocycles. The first kappa shape index (κ1) is 16.4. The Morgan fingerprint density at radius 3 is 2.43 bits per heavy atom. The second-order valence-corrected chi connectivity index (χ2v) is 7.18. The Kier molecular flexibility index (Phi) is 5.32. The Balaban J connectivity index is 2.19. The highest BCUT2D eigenvalue weighted by Crippen LogP contribution is 2.28. The van der Waals surface area contributed by atoms with Gasteiger partial charge in [-0.2, -0.15) is 5.26 Å². The van der Waals surface area contributed by atoms with Crippen LogP contribution in [0.1, 0.15) is 12.5 Å². The molecular formula is C16H13Br2ClN2. The summed E-state index contributed by atoms with van der Waals surface area (Å²) >= 11 is 12.8. The van der Waals surface area contributed by atoms with Crippen LogP contribution in [0.4, 0.5) is 5.69 Å². The van der Waals surface area contributed by atoms with E-state index in [2.05, 4.69) is 43.2 Å². The van der Waals surface area contributed by atoms with E-state index in [9.17, 15) is 5.26 Å². The third-order valence-electron chi connectivity index (χ3n) is 3.06. The van der Waals surface area contributed by atoms with Crippen molar-refractivity contribution in [3.8, 4) is 6.07 Å². The van der Waals surface area contributed by atoms with E-state index in [1.807, 2.05) is 43.3 Å². The van der Waals surface area contributed by atoms with Crippen molar-refractivity contribution in [1.29, 1.82) is 5.26 Å². The molecule has 2 aromatic rings. The molecule has 0 bridgehead atoms. The van der Waals surface area contributed by atoms with Gasteiger partial charge < -0.3 is 5.32 Å². The molecule has 108 valence electrons. The molecule has 0 aromatic heterocycles. The molecule has 5 heteroatoms. The van der Waals surface area contributed by atoms with Crippen LogP contribution in [0, 0.1) is 11.3 Å². The summed E-state index contributed by atoms with van der Waals surface area (Å²) in [7, 11) is 0. The van der Waals surface area contributed by atoms with Crippen molar-refractivity contribution < 1.29 is 0 Å². The van der Waals surface area contributed by atoms with Crippen LogP contribution in [0.25, 0.3) is 0 Å². The molecule has 0 amide bonds. The molecular weight excluding hydrogens is 415 g/mol. The van der Waals surface area contributed by atoms with Crippen molar-refractivity contribution >= 4 is 49.1 Å². The lowest BCUT2D eigenvalue weighted by Crippen LogP contribution is -2.35. The van der Waals surface area contributed by atoms with Gasteiger partial charge in [-0.15, -0.1) is 0 Å². The number of anilines is 1. The minimum absolute atomic E-state index is 0.608. The Morgan fingerprint density at radius 1 is 1.19 bits per heavy atom. The molecule has 0 aliphatic carbocycles. The largest absolute Gasteiger partial charge is 0.367 e. The maximum absolute atomic E-state index is 9.53. The predicted molar refractivity (Wildman–Crippen MR) is 94.6 cm³/mol. The Bertz CT molecular complexity index is 680. The monoisotopic (exact) mass is 426 g/mol. The van der Waals surface area contributed by atoms with Crippen molar-refractivity contribution in [2.24, 2.45) is 0 Å². The molecule has 21 heavy (non-hydrogen) atoms.